The Morgan fingerprint density at radius 2 is 1.88 bits per heavy atom. The monoisotopic (exact) mass is 575 g/mol. The Hall–Kier alpha value is -4.15. The van der Waals surface area contributed by atoms with Gasteiger partial charge in [0.05, 0.1) is 23.8 Å². The van der Waals surface area contributed by atoms with E-state index in [1.54, 1.807) is 30.3 Å². The molecule has 0 saturated heterocycles. The molecule has 5 rings (SSSR count). The number of hydrogen-bond donors (Lipinski definition) is 0. The Labute approximate surface area is 231 Å². The summed E-state index contributed by atoms with van der Waals surface area (Å²) in [5.41, 5.74) is 0.932. The fourth-order valence-corrected chi connectivity index (χ4v) is 4.80. The number of amidine groups is 1. The average molecular weight is 576 g/mol. The van der Waals surface area contributed by atoms with Crippen LogP contribution in [-0.2, 0) is 12.7 Å². The molecule has 0 spiro atoms. The first-order chi connectivity index (χ1) is 19.6. The highest BCUT2D eigenvalue weighted by Crippen LogP contribution is 2.39. The topological polar surface area (TPSA) is 37.2 Å². The van der Waals surface area contributed by atoms with Crippen LogP contribution in [0.4, 0.5) is 30.7 Å². The van der Waals surface area contributed by atoms with Crippen LogP contribution in [0.25, 0.3) is 11.1 Å². The molecule has 0 fully saturated rings. The molecule has 2 aromatic carbocycles. The van der Waals surface area contributed by atoms with Crippen molar-refractivity contribution in [3.05, 3.63) is 102 Å². The van der Waals surface area contributed by atoms with E-state index in [2.05, 4.69) is 9.98 Å². The van der Waals surface area contributed by atoms with Crippen LogP contribution in [0.15, 0.2) is 101 Å². The number of ether oxygens (including phenoxy) is 1. The largest absolute Gasteiger partial charge is 0.493 e. The van der Waals surface area contributed by atoms with Gasteiger partial charge in [0, 0.05) is 25.7 Å². The number of rotatable bonds is 8. The molecule has 4 nitrogen and oxygen atoms in total. The highest BCUT2D eigenvalue weighted by atomic mass is 19.4. The highest BCUT2D eigenvalue weighted by Gasteiger charge is 2.36. The van der Waals surface area contributed by atoms with Crippen molar-refractivity contribution in [1.29, 1.82) is 0 Å². The maximum Gasteiger partial charge on any atom is 0.417 e. The zero-order chi connectivity index (χ0) is 29.1. The maximum absolute atomic E-state index is 14.3. The van der Waals surface area contributed by atoms with Gasteiger partial charge in [-0.1, -0.05) is 42.5 Å². The fraction of sp³-hybridized carbons (Fsp3) is 0.267. The molecule has 0 aromatic heterocycles. The smallest absolute Gasteiger partial charge is 0.417 e. The lowest BCUT2D eigenvalue weighted by Gasteiger charge is -2.27. The fourth-order valence-electron chi connectivity index (χ4n) is 4.80. The van der Waals surface area contributed by atoms with Crippen molar-refractivity contribution in [3.63, 3.8) is 0 Å². The molecule has 2 aromatic rings. The Bertz CT molecular complexity index is 1470. The summed E-state index contributed by atoms with van der Waals surface area (Å²) in [4.78, 5) is 10.9. The molecular formula is C30H24F7N3O. The van der Waals surface area contributed by atoms with Crippen LogP contribution in [0.1, 0.15) is 17.5 Å². The number of allylic oxidation sites excluding steroid dienone is 3. The van der Waals surface area contributed by atoms with Gasteiger partial charge in [-0.25, -0.2) is 13.8 Å². The van der Waals surface area contributed by atoms with Crippen molar-refractivity contribution in [2.24, 2.45) is 15.9 Å². The van der Waals surface area contributed by atoms with Crippen molar-refractivity contribution < 1.29 is 35.5 Å². The van der Waals surface area contributed by atoms with E-state index in [0.29, 0.717) is 30.4 Å². The molecule has 2 heterocycles. The van der Waals surface area contributed by atoms with Gasteiger partial charge in [0.2, 0.25) is 0 Å². The third-order valence-electron chi connectivity index (χ3n) is 6.82. The van der Waals surface area contributed by atoms with Crippen molar-refractivity contribution >= 4 is 11.5 Å². The number of hydrogen-bond acceptors (Lipinski definition) is 4. The average Bonchev–Trinajstić information content (AvgIpc) is 3.36. The lowest BCUT2D eigenvalue weighted by molar-refractivity contribution is -0.137. The second-order valence-electron chi connectivity index (χ2n) is 9.68. The molecule has 2 aliphatic heterocycles. The van der Waals surface area contributed by atoms with Gasteiger partial charge in [0.1, 0.15) is 23.5 Å². The molecule has 3 atom stereocenters. The van der Waals surface area contributed by atoms with Gasteiger partial charge in [0.25, 0.3) is 6.08 Å². The Balaban J connectivity index is 1.25. The highest BCUT2D eigenvalue weighted by molar-refractivity contribution is 6.13. The maximum atomic E-state index is 14.3. The van der Waals surface area contributed by atoms with E-state index in [1.807, 2.05) is 11.1 Å². The molecule has 0 radical (unpaired) electrons. The standard InChI is InChI=1S/C30H24F7N3O/c31-24-4-1-3-22(28(24)34)29-38-25-12-13-40(17-26(25)39-29)16-18-6-8-19(9-7-18)21-11-10-20(15-23(21)30(35,36)37)41-14-2-5-27(32)33/h1,3-13,15,22,26,28H,2,14,16-17H2. The van der Waals surface area contributed by atoms with Crippen molar-refractivity contribution in [2.45, 2.75) is 31.4 Å². The summed E-state index contributed by atoms with van der Waals surface area (Å²) in [7, 11) is 0. The van der Waals surface area contributed by atoms with E-state index in [4.69, 9.17) is 4.74 Å². The number of aliphatic imine (C=N–C) groups is 2. The van der Waals surface area contributed by atoms with Gasteiger partial charge in [-0.2, -0.15) is 22.0 Å². The predicted molar refractivity (Wildman–Crippen MR) is 142 cm³/mol. The van der Waals surface area contributed by atoms with Gasteiger partial charge in [0.15, 0.2) is 6.17 Å². The molecule has 0 saturated carbocycles. The Morgan fingerprint density at radius 1 is 1.10 bits per heavy atom. The Kier molecular flexibility index (Phi) is 8.14. The SMILES string of the molecule is FC(F)=CCCOc1ccc(-c2ccc(CN3C=CC4=NC(C5C=CC=C(F)C5F)=NC4C3)cc2)c(C(F)(F)F)c1. The van der Waals surface area contributed by atoms with Crippen LogP contribution in [0, 0.1) is 5.92 Å². The molecule has 0 amide bonds. The molecule has 11 heteroatoms. The van der Waals surface area contributed by atoms with Gasteiger partial charge in [-0.3, -0.25) is 4.99 Å². The number of alkyl halides is 4. The van der Waals surface area contributed by atoms with Crippen LogP contribution < -0.4 is 4.74 Å². The molecule has 214 valence electrons. The van der Waals surface area contributed by atoms with Crippen molar-refractivity contribution in [1.82, 2.24) is 4.90 Å². The third-order valence-corrected chi connectivity index (χ3v) is 6.82. The normalized spacial score (nSPS) is 21.7. The molecule has 3 aliphatic rings. The van der Waals surface area contributed by atoms with Gasteiger partial charge in [-0.15, -0.1) is 0 Å². The third kappa shape index (κ3) is 6.61. The quantitative estimate of drug-likeness (QED) is 0.238. The van der Waals surface area contributed by atoms with E-state index in [-0.39, 0.29) is 36.2 Å². The first-order valence-corrected chi connectivity index (χ1v) is 12.8. The van der Waals surface area contributed by atoms with E-state index in [1.165, 1.54) is 24.3 Å². The zero-order valence-corrected chi connectivity index (χ0v) is 21.5. The minimum atomic E-state index is -4.66. The lowest BCUT2D eigenvalue weighted by Crippen LogP contribution is -2.34. The molecule has 1 aliphatic carbocycles. The van der Waals surface area contributed by atoms with Crippen LogP contribution >= 0.6 is 0 Å². The summed E-state index contributed by atoms with van der Waals surface area (Å²) in [5.74, 6) is -1.55. The van der Waals surface area contributed by atoms with E-state index < -0.39 is 35.7 Å². The van der Waals surface area contributed by atoms with Crippen LogP contribution in [-0.4, -0.2) is 41.8 Å². The predicted octanol–water partition coefficient (Wildman–Crippen LogP) is 7.85. The first-order valence-electron chi connectivity index (χ1n) is 12.8. The summed E-state index contributed by atoms with van der Waals surface area (Å²) in [6.07, 6.45) is -0.180. The molecule has 0 N–H and O–H groups in total. The second kappa shape index (κ2) is 11.8. The van der Waals surface area contributed by atoms with E-state index in [9.17, 15) is 30.7 Å². The summed E-state index contributed by atoms with van der Waals surface area (Å²) in [6.45, 7) is 0.725. The van der Waals surface area contributed by atoms with Crippen LogP contribution in [0.3, 0.4) is 0 Å². The van der Waals surface area contributed by atoms with Crippen molar-refractivity contribution in [2.75, 3.05) is 13.2 Å². The van der Waals surface area contributed by atoms with Gasteiger partial charge in [-0.05, 0) is 47.1 Å². The van der Waals surface area contributed by atoms with E-state index >= 15 is 0 Å². The summed E-state index contributed by atoms with van der Waals surface area (Å²) in [6, 6.07) is 9.87. The molecular weight excluding hydrogens is 551 g/mol. The van der Waals surface area contributed by atoms with Gasteiger partial charge >= 0.3 is 6.18 Å². The van der Waals surface area contributed by atoms with Gasteiger partial charge < -0.3 is 9.64 Å². The number of fused-ring (bicyclic) bond motifs is 1. The summed E-state index contributed by atoms with van der Waals surface area (Å²) < 4.78 is 99.1. The number of halogens is 7. The first kappa shape index (κ1) is 28.4. The lowest BCUT2D eigenvalue weighted by atomic mass is 9.97. The van der Waals surface area contributed by atoms with Crippen molar-refractivity contribution in [3.8, 4) is 16.9 Å². The van der Waals surface area contributed by atoms with Crippen LogP contribution in [0.2, 0.25) is 0 Å². The number of benzene rings is 2. The second-order valence-corrected chi connectivity index (χ2v) is 9.68. The van der Waals surface area contributed by atoms with E-state index in [0.717, 1.165) is 17.7 Å². The summed E-state index contributed by atoms with van der Waals surface area (Å²) in [5, 5.41) is 0. The van der Waals surface area contributed by atoms with Crippen LogP contribution in [0.5, 0.6) is 5.75 Å². The zero-order valence-electron chi connectivity index (χ0n) is 21.5. The minimum absolute atomic E-state index is 0.0353. The molecule has 3 unspecified atom stereocenters. The Morgan fingerprint density at radius 3 is 2.61 bits per heavy atom. The minimum Gasteiger partial charge on any atom is -0.493 e. The molecule has 0 bridgehead atoms. The molecule has 41 heavy (non-hydrogen) atoms. The number of nitrogens with zero attached hydrogens (tertiary/aromatic N) is 3. The summed E-state index contributed by atoms with van der Waals surface area (Å²) >= 11 is 0.